The number of rotatable bonds is 16. The fraction of sp³-hybridized carbons (Fsp3) is 0.571. The lowest BCUT2D eigenvalue weighted by Gasteiger charge is -2.30. The summed E-state index contributed by atoms with van der Waals surface area (Å²) in [7, 11) is -8.72. The Bertz CT molecular complexity index is 2190. The summed E-state index contributed by atoms with van der Waals surface area (Å²) in [5.41, 5.74) is 3.02. The van der Waals surface area contributed by atoms with E-state index in [0.29, 0.717) is 84.2 Å². The van der Waals surface area contributed by atoms with E-state index in [2.05, 4.69) is 44.3 Å². The summed E-state index contributed by atoms with van der Waals surface area (Å²) >= 11 is 0. The van der Waals surface area contributed by atoms with Crippen molar-refractivity contribution in [2.75, 3.05) is 51.9 Å². The standard InChI is InChI=1S/2C21H32FN3O3SSi/c1-29(26,27)25-10-8-17(9-11-25)21-23-20(18-6-5-7-19(22)14-18)15-24(21)16-28-12-13-30(2,3)4;1-29(26,27)24-10-8-17(9-11-24)21-23-15-20(18-6-5-7-19(22)14-18)25(21)16-28-12-13-30(2,3)4/h2*5-7,14-15,17H,8-13,16H2,1-4H3. The summed E-state index contributed by atoms with van der Waals surface area (Å²) in [6.07, 6.45) is 9.04. The highest BCUT2D eigenvalue weighted by Gasteiger charge is 2.31. The SMILES string of the molecule is C[Si](C)(C)CCOCn1c(-c2cccc(F)c2)cnc1C1CCN(S(C)(=O)=O)CC1.C[Si](C)(C)CCOCn1cc(-c2cccc(F)c2)nc1C1CCN(S(C)(=O)=O)CC1. The molecule has 4 heterocycles. The molecule has 0 atom stereocenters. The molecule has 2 aromatic carbocycles. The second kappa shape index (κ2) is 20.4. The summed E-state index contributed by atoms with van der Waals surface area (Å²) in [4.78, 5) is 9.48. The van der Waals surface area contributed by atoms with Gasteiger partial charge in [0.25, 0.3) is 0 Å². The number of benzene rings is 2. The number of sulfonamides is 2. The molecule has 60 heavy (non-hydrogen) atoms. The fourth-order valence-electron chi connectivity index (χ4n) is 7.34. The normalized spacial score (nSPS) is 16.8. The van der Waals surface area contributed by atoms with Crippen LogP contribution in [0.2, 0.25) is 51.4 Å². The van der Waals surface area contributed by atoms with Crippen LogP contribution in [-0.2, 0) is 43.0 Å². The van der Waals surface area contributed by atoms with Crippen molar-refractivity contribution in [3.63, 3.8) is 0 Å². The second-order valence-corrected chi connectivity index (χ2v) is 33.7. The van der Waals surface area contributed by atoms with Crippen LogP contribution in [0.3, 0.4) is 0 Å². The van der Waals surface area contributed by atoms with Crippen LogP contribution in [0, 0.1) is 11.6 Å². The van der Waals surface area contributed by atoms with Crippen LogP contribution in [0.25, 0.3) is 22.5 Å². The van der Waals surface area contributed by atoms with Crippen molar-refractivity contribution in [3.05, 3.63) is 84.2 Å². The fourth-order valence-corrected chi connectivity index (χ4v) is 10.6. The minimum absolute atomic E-state index is 0.144. The molecule has 2 aliphatic heterocycles. The first-order valence-electron chi connectivity index (χ1n) is 20.8. The van der Waals surface area contributed by atoms with Crippen LogP contribution in [0.4, 0.5) is 8.78 Å². The minimum Gasteiger partial charge on any atom is -0.361 e. The maximum Gasteiger partial charge on any atom is 0.211 e. The maximum atomic E-state index is 13.8. The first-order valence-corrected chi connectivity index (χ1v) is 31.9. The van der Waals surface area contributed by atoms with Crippen molar-refractivity contribution in [1.82, 2.24) is 27.7 Å². The van der Waals surface area contributed by atoms with E-state index < -0.39 is 36.2 Å². The van der Waals surface area contributed by atoms with Gasteiger partial charge in [-0.25, -0.2) is 44.2 Å². The Morgan fingerprint density at radius 3 is 1.63 bits per heavy atom. The molecule has 0 unspecified atom stereocenters. The largest absolute Gasteiger partial charge is 0.361 e. The number of imidazole rings is 2. The van der Waals surface area contributed by atoms with Crippen molar-refractivity contribution in [2.24, 2.45) is 0 Å². The molecule has 0 aliphatic carbocycles. The van der Waals surface area contributed by atoms with Crippen LogP contribution in [0.1, 0.15) is 49.2 Å². The topological polar surface area (TPSA) is 129 Å². The van der Waals surface area contributed by atoms with Gasteiger partial charge in [0.05, 0.1) is 30.1 Å². The summed E-state index contributed by atoms with van der Waals surface area (Å²) in [6.45, 7) is 18.0. The molecule has 0 radical (unpaired) electrons. The van der Waals surface area contributed by atoms with Gasteiger partial charge in [-0.15, -0.1) is 0 Å². The second-order valence-electron chi connectivity index (χ2n) is 18.5. The zero-order valence-corrected chi connectivity index (χ0v) is 40.2. The van der Waals surface area contributed by atoms with Crippen LogP contribution in [0.5, 0.6) is 0 Å². The highest BCUT2D eigenvalue weighted by atomic mass is 32.2. The van der Waals surface area contributed by atoms with E-state index in [0.717, 1.165) is 40.6 Å². The number of nitrogens with zero attached hydrogens (tertiary/aromatic N) is 6. The monoisotopic (exact) mass is 906 g/mol. The van der Waals surface area contributed by atoms with E-state index in [1.807, 2.05) is 27.5 Å². The minimum atomic E-state index is -3.17. The Hall–Kier alpha value is -3.11. The molecule has 18 heteroatoms. The first-order chi connectivity index (χ1) is 28.1. The smallest absolute Gasteiger partial charge is 0.211 e. The summed E-state index contributed by atoms with van der Waals surface area (Å²) < 4.78 is 93.9. The third-order valence-corrected chi connectivity index (χ3v) is 17.0. The highest BCUT2D eigenvalue weighted by Crippen LogP contribution is 2.33. The summed E-state index contributed by atoms with van der Waals surface area (Å²) in [5.74, 6) is 1.47. The van der Waals surface area contributed by atoms with Gasteiger partial charge in [0.2, 0.25) is 20.0 Å². The Balaban J connectivity index is 0.000000228. The molecule has 0 N–H and O–H groups in total. The van der Waals surface area contributed by atoms with E-state index in [-0.39, 0.29) is 23.5 Å². The van der Waals surface area contributed by atoms with Gasteiger partial charge in [-0.3, -0.25) is 0 Å². The molecule has 0 bridgehead atoms. The summed E-state index contributed by atoms with van der Waals surface area (Å²) in [6, 6.07) is 15.1. The predicted molar refractivity (Wildman–Crippen MR) is 240 cm³/mol. The zero-order valence-electron chi connectivity index (χ0n) is 36.5. The molecule has 2 saturated heterocycles. The third kappa shape index (κ3) is 14.2. The van der Waals surface area contributed by atoms with Gasteiger partial charge in [0.15, 0.2) is 0 Å². The lowest BCUT2D eigenvalue weighted by molar-refractivity contribution is 0.0834. The van der Waals surface area contributed by atoms with Gasteiger partial charge in [0, 0.05) is 84.7 Å². The van der Waals surface area contributed by atoms with E-state index in [1.54, 1.807) is 18.3 Å². The molecule has 2 fully saturated rings. The molecule has 12 nitrogen and oxygen atoms in total. The van der Waals surface area contributed by atoms with Crippen molar-refractivity contribution < 1.29 is 35.1 Å². The molecule has 332 valence electrons. The molecular weight excluding hydrogens is 843 g/mol. The van der Waals surface area contributed by atoms with Crippen molar-refractivity contribution >= 4 is 36.2 Å². The van der Waals surface area contributed by atoms with Crippen molar-refractivity contribution in [3.8, 4) is 22.5 Å². The van der Waals surface area contributed by atoms with Gasteiger partial charge < -0.3 is 18.6 Å². The van der Waals surface area contributed by atoms with Crippen molar-refractivity contribution in [2.45, 2.75) is 102 Å². The van der Waals surface area contributed by atoms with Crippen LogP contribution in [0.15, 0.2) is 60.9 Å². The number of piperidine rings is 2. The zero-order chi connectivity index (χ0) is 43.9. The molecule has 0 amide bonds. The molecular formula is C42H64F2N6O6S2Si2. The highest BCUT2D eigenvalue weighted by molar-refractivity contribution is 7.88. The van der Waals surface area contributed by atoms with Gasteiger partial charge in [0.1, 0.15) is 36.7 Å². The van der Waals surface area contributed by atoms with Crippen LogP contribution < -0.4 is 0 Å². The van der Waals surface area contributed by atoms with Gasteiger partial charge >= 0.3 is 0 Å². The number of ether oxygens (including phenoxy) is 2. The third-order valence-electron chi connectivity index (χ3n) is 11.0. The molecule has 0 spiro atoms. The molecule has 2 aromatic heterocycles. The molecule has 6 rings (SSSR count). The molecule has 2 aliphatic rings. The maximum absolute atomic E-state index is 13.8. The predicted octanol–water partition coefficient (Wildman–Crippen LogP) is 8.28. The van der Waals surface area contributed by atoms with Gasteiger partial charge in [-0.2, -0.15) is 0 Å². The molecule has 4 aromatic rings. The number of aromatic nitrogens is 4. The Labute approximate surface area is 358 Å². The van der Waals surface area contributed by atoms with Crippen LogP contribution in [-0.4, -0.2) is 113 Å². The van der Waals surface area contributed by atoms with E-state index in [9.17, 15) is 25.6 Å². The van der Waals surface area contributed by atoms with E-state index >= 15 is 0 Å². The number of hydrogen-bond donors (Lipinski definition) is 0. The van der Waals surface area contributed by atoms with Gasteiger partial charge in [-0.1, -0.05) is 63.5 Å². The Morgan fingerprint density at radius 2 is 1.15 bits per heavy atom. The lowest BCUT2D eigenvalue weighted by Crippen LogP contribution is -2.37. The van der Waals surface area contributed by atoms with E-state index in [1.165, 1.54) is 45.4 Å². The number of hydrogen-bond acceptors (Lipinski definition) is 8. The Morgan fingerprint density at radius 1 is 0.683 bits per heavy atom. The molecule has 0 saturated carbocycles. The average molecular weight is 907 g/mol. The average Bonchev–Trinajstić information content (AvgIpc) is 3.79. The lowest BCUT2D eigenvalue weighted by atomic mass is 9.97. The number of halogens is 2. The van der Waals surface area contributed by atoms with Gasteiger partial charge in [-0.05, 0) is 62.0 Å². The van der Waals surface area contributed by atoms with Crippen LogP contribution >= 0.6 is 0 Å². The first kappa shape index (κ1) is 47.9. The Kier molecular flexibility index (Phi) is 16.3. The van der Waals surface area contributed by atoms with Crippen molar-refractivity contribution in [1.29, 1.82) is 0 Å². The van der Waals surface area contributed by atoms with E-state index in [4.69, 9.17) is 14.5 Å². The summed E-state index contributed by atoms with van der Waals surface area (Å²) in [5, 5.41) is 0. The quantitative estimate of drug-likeness (QED) is 0.0812.